The molecule has 1 aromatic carbocycles. The Labute approximate surface area is 124 Å². The van der Waals surface area contributed by atoms with E-state index in [-0.39, 0.29) is 5.91 Å². The quantitative estimate of drug-likeness (QED) is 0.748. The van der Waals surface area contributed by atoms with Crippen molar-refractivity contribution >= 4 is 17.6 Å². The summed E-state index contributed by atoms with van der Waals surface area (Å²) >= 11 is 0. The Balaban J connectivity index is 1.99. The zero-order valence-electron chi connectivity index (χ0n) is 12.3. The summed E-state index contributed by atoms with van der Waals surface area (Å²) in [7, 11) is 0. The summed E-state index contributed by atoms with van der Waals surface area (Å²) in [6, 6.07) is 6.22. The predicted molar refractivity (Wildman–Crippen MR) is 78.9 cm³/mol. The highest BCUT2D eigenvalue weighted by molar-refractivity contribution is 5.93. The molecular weight excluding hydrogens is 268 g/mol. The molecule has 1 saturated heterocycles. The van der Waals surface area contributed by atoms with Crippen molar-refractivity contribution in [3.8, 4) is 0 Å². The second kappa shape index (κ2) is 6.43. The van der Waals surface area contributed by atoms with E-state index < -0.39 is 5.97 Å². The van der Waals surface area contributed by atoms with Gasteiger partial charge < -0.3 is 19.7 Å². The van der Waals surface area contributed by atoms with E-state index in [1.54, 1.807) is 4.90 Å². The maximum atomic E-state index is 11.8. The van der Waals surface area contributed by atoms with Crippen molar-refractivity contribution in [2.45, 2.75) is 13.8 Å². The van der Waals surface area contributed by atoms with Gasteiger partial charge >= 0.3 is 0 Å². The van der Waals surface area contributed by atoms with E-state index in [2.05, 4.69) is 30.9 Å². The number of amides is 1. The number of carboxylic acid groups (broad SMARTS) is 1. The van der Waals surface area contributed by atoms with Crippen LogP contribution in [0.4, 0.5) is 5.69 Å². The Morgan fingerprint density at radius 2 is 1.76 bits per heavy atom. The van der Waals surface area contributed by atoms with Gasteiger partial charge in [-0.05, 0) is 37.1 Å². The first-order valence-electron chi connectivity index (χ1n) is 6.98. The average Bonchev–Trinajstić information content (AvgIpc) is 2.48. The molecule has 1 aromatic rings. The fourth-order valence-corrected chi connectivity index (χ4v) is 2.49. The van der Waals surface area contributed by atoms with Crippen LogP contribution >= 0.6 is 0 Å². The van der Waals surface area contributed by atoms with E-state index in [0.717, 1.165) is 25.2 Å². The van der Waals surface area contributed by atoms with Gasteiger partial charge in [0.1, 0.15) is 0 Å². The molecular formula is C16H19N2O3-. The molecule has 1 aliphatic rings. The summed E-state index contributed by atoms with van der Waals surface area (Å²) in [6.45, 7) is 6.85. The number of piperazine rings is 1. The van der Waals surface area contributed by atoms with Crippen LogP contribution in [0.25, 0.3) is 0 Å². The molecule has 112 valence electrons. The van der Waals surface area contributed by atoms with Crippen molar-refractivity contribution in [1.82, 2.24) is 4.90 Å². The minimum Gasteiger partial charge on any atom is -0.545 e. The molecule has 5 heteroatoms. The van der Waals surface area contributed by atoms with E-state index in [0.29, 0.717) is 13.1 Å². The number of carbonyl (C=O) groups is 2. The zero-order chi connectivity index (χ0) is 15.4. The van der Waals surface area contributed by atoms with Gasteiger partial charge in [0.15, 0.2) is 0 Å². The Morgan fingerprint density at radius 1 is 1.10 bits per heavy atom. The highest BCUT2D eigenvalue weighted by atomic mass is 16.4. The fourth-order valence-electron chi connectivity index (χ4n) is 2.49. The summed E-state index contributed by atoms with van der Waals surface area (Å²) < 4.78 is 0. The molecule has 0 spiro atoms. The van der Waals surface area contributed by atoms with Gasteiger partial charge in [0.2, 0.25) is 5.91 Å². The Kier molecular flexibility index (Phi) is 4.62. The van der Waals surface area contributed by atoms with Crippen LogP contribution in [0.5, 0.6) is 0 Å². The molecule has 1 fully saturated rings. The SMILES string of the molecule is Cc1cccc(N2CCN(C(=O)/C=C/C(=O)[O-])CC2)c1C. The van der Waals surface area contributed by atoms with Crippen LogP contribution in [0.1, 0.15) is 11.1 Å². The van der Waals surface area contributed by atoms with Crippen molar-refractivity contribution in [3.05, 3.63) is 41.5 Å². The lowest BCUT2D eigenvalue weighted by molar-refractivity contribution is -0.297. The van der Waals surface area contributed by atoms with E-state index in [1.165, 1.54) is 16.8 Å². The number of carbonyl (C=O) groups excluding carboxylic acids is 2. The van der Waals surface area contributed by atoms with Crippen LogP contribution in [0.3, 0.4) is 0 Å². The third kappa shape index (κ3) is 3.62. The lowest BCUT2D eigenvalue weighted by Crippen LogP contribution is -2.48. The predicted octanol–water partition coefficient (Wildman–Crippen LogP) is 0.258. The maximum absolute atomic E-state index is 11.8. The topological polar surface area (TPSA) is 63.7 Å². The smallest absolute Gasteiger partial charge is 0.246 e. The Morgan fingerprint density at radius 3 is 2.38 bits per heavy atom. The minimum absolute atomic E-state index is 0.278. The molecule has 0 aromatic heterocycles. The van der Waals surface area contributed by atoms with Gasteiger partial charge in [-0.1, -0.05) is 12.1 Å². The van der Waals surface area contributed by atoms with Gasteiger partial charge in [-0.25, -0.2) is 0 Å². The maximum Gasteiger partial charge on any atom is 0.246 e. The molecule has 0 aliphatic carbocycles. The fraction of sp³-hybridized carbons (Fsp3) is 0.375. The number of carboxylic acids is 1. The Hall–Kier alpha value is -2.30. The molecule has 1 aliphatic heterocycles. The van der Waals surface area contributed by atoms with E-state index >= 15 is 0 Å². The third-order valence-corrected chi connectivity index (χ3v) is 3.87. The van der Waals surface area contributed by atoms with Crippen LogP contribution in [0.15, 0.2) is 30.4 Å². The molecule has 0 atom stereocenters. The molecule has 1 heterocycles. The summed E-state index contributed by atoms with van der Waals surface area (Å²) in [6.07, 6.45) is 1.84. The van der Waals surface area contributed by atoms with Crippen molar-refractivity contribution in [2.75, 3.05) is 31.1 Å². The van der Waals surface area contributed by atoms with E-state index in [4.69, 9.17) is 0 Å². The second-order valence-electron chi connectivity index (χ2n) is 5.18. The van der Waals surface area contributed by atoms with Gasteiger partial charge in [-0.3, -0.25) is 4.79 Å². The standard InChI is InChI=1S/C16H20N2O3/c1-12-4-3-5-14(13(12)2)17-8-10-18(11-9-17)15(19)6-7-16(20)21/h3-7H,8-11H2,1-2H3,(H,20,21)/p-1/b7-6+. The number of hydrogen-bond acceptors (Lipinski definition) is 4. The number of benzene rings is 1. The van der Waals surface area contributed by atoms with Gasteiger partial charge in [0.25, 0.3) is 0 Å². The molecule has 0 unspecified atom stereocenters. The van der Waals surface area contributed by atoms with E-state index in [9.17, 15) is 14.7 Å². The first-order valence-corrected chi connectivity index (χ1v) is 6.98. The largest absolute Gasteiger partial charge is 0.545 e. The van der Waals surface area contributed by atoms with Crippen LogP contribution in [-0.4, -0.2) is 43.0 Å². The normalized spacial score (nSPS) is 15.5. The number of hydrogen-bond donors (Lipinski definition) is 0. The lowest BCUT2D eigenvalue weighted by Gasteiger charge is -2.36. The molecule has 5 nitrogen and oxygen atoms in total. The number of aliphatic carboxylic acids is 1. The molecule has 0 saturated carbocycles. The van der Waals surface area contributed by atoms with Crippen LogP contribution in [0, 0.1) is 13.8 Å². The summed E-state index contributed by atoms with van der Waals surface area (Å²) in [5.41, 5.74) is 3.71. The zero-order valence-corrected chi connectivity index (χ0v) is 12.3. The monoisotopic (exact) mass is 287 g/mol. The third-order valence-electron chi connectivity index (χ3n) is 3.87. The Bertz CT molecular complexity index is 573. The van der Waals surface area contributed by atoms with E-state index in [1.807, 2.05) is 6.07 Å². The molecule has 0 radical (unpaired) electrons. The molecule has 21 heavy (non-hydrogen) atoms. The van der Waals surface area contributed by atoms with Gasteiger partial charge in [-0.2, -0.15) is 0 Å². The molecule has 0 bridgehead atoms. The molecule has 2 rings (SSSR count). The summed E-state index contributed by atoms with van der Waals surface area (Å²) in [5.74, 6) is -1.63. The van der Waals surface area contributed by atoms with Crippen LogP contribution < -0.4 is 10.0 Å². The average molecular weight is 287 g/mol. The molecule has 0 N–H and O–H groups in total. The highest BCUT2D eigenvalue weighted by Crippen LogP contribution is 2.23. The van der Waals surface area contributed by atoms with Crippen LogP contribution in [0.2, 0.25) is 0 Å². The minimum atomic E-state index is -1.35. The van der Waals surface area contributed by atoms with Crippen molar-refractivity contribution in [2.24, 2.45) is 0 Å². The second-order valence-corrected chi connectivity index (χ2v) is 5.18. The molecule has 1 amide bonds. The van der Waals surface area contributed by atoms with Gasteiger partial charge in [-0.15, -0.1) is 0 Å². The van der Waals surface area contributed by atoms with Crippen molar-refractivity contribution in [3.63, 3.8) is 0 Å². The highest BCUT2D eigenvalue weighted by Gasteiger charge is 2.20. The number of anilines is 1. The van der Waals surface area contributed by atoms with Crippen molar-refractivity contribution in [1.29, 1.82) is 0 Å². The van der Waals surface area contributed by atoms with Gasteiger partial charge in [0, 0.05) is 37.9 Å². The number of rotatable bonds is 3. The summed E-state index contributed by atoms with van der Waals surface area (Å²) in [4.78, 5) is 26.0. The van der Waals surface area contributed by atoms with Crippen molar-refractivity contribution < 1.29 is 14.7 Å². The first kappa shape index (κ1) is 15.1. The lowest BCUT2D eigenvalue weighted by atomic mass is 10.1. The van der Waals surface area contributed by atoms with Crippen LogP contribution in [-0.2, 0) is 9.59 Å². The van der Waals surface area contributed by atoms with Gasteiger partial charge in [0.05, 0.1) is 5.97 Å². The number of nitrogens with zero attached hydrogens (tertiary/aromatic N) is 2. The number of aryl methyl sites for hydroxylation is 1. The first-order chi connectivity index (χ1) is 9.99. The summed E-state index contributed by atoms with van der Waals surface area (Å²) in [5, 5.41) is 10.3.